The van der Waals surface area contributed by atoms with Crippen LogP contribution in [0.1, 0.15) is 26.3 Å². The van der Waals surface area contributed by atoms with E-state index in [1.165, 1.54) is 0 Å². The van der Waals surface area contributed by atoms with Crippen molar-refractivity contribution in [1.29, 1.82) is 0 Å². The van der Waals surface area contributed by atoms with Gasteiger partial charge in [0.05, 0.1) is 5.60 Å². The number of para-hydroxylation sites is 1. The Labute approximate surface area is 142 Å². The number of aromatic nitrogens is 2. The number of nitrogens with one attached hydrogen (secondary N) is 1. The summed E-state index contributed by atoms with van der Waals surface area (Å²) in [6.07, 6.45) is 1.99. The normalized spacial score (nSPS) is 14.4. The second kappa shape index (κ2) is 6.42. The number of aliphatic hydroxyl groups is 1. The number of aryl methyl sites for hydroxylation is 1. The Morgan fingerprint density at radius 3 is 2.79 bits per heavy atom. The molecule has 0 saturated heterocycles. The van der Waals surface area contributed by atoms with Gasteiger partial charge in [-0.05, 0) is 25.0 Å². The number of fused-ring (bicyclic) bond motifs is 1. The van der Waals surface area contributed by atoms with E-state index in [4.69, 9.17) is 4.42 Å². The van der Waals surface area contributed by atoms with E-state index in [-0.39, 0.29) is 5.92 Å². The molecule has 0 amide bonds. The molecule has 0 saturated carbocycles. The van der Waals surface area contributed by atoms with Crippen molar-refractivity contribution in [3.8, 4) is 11.5 Å². The molecular formula is C19H25N3O2. The minimum absolute atomic E-state index is 0.189. The number of benzene rings is 1. The minimum atomic E-state index is -0.734. The summed E-state index contributed by atoms with van der Waals surface area (Å²) in [6, 6.07) is 9.97. The molecule has 1 aromatic carbocycles. The Morgan fingerprint density at radius 2 is 2.08 bits per heavy atom. The van der Waals surface area contributed by atoms with Gasteiger partial charge in [-0.3, -0.25) is 4.68 Å². The van der Waals surface area contributed by atoms with Crippen LogP contribution in [0.15, 0.2) is 40.9 Å². The number of hydrogen-bond acceptors (Lipinski definition) is 4. The Kier molecular flexibility index (Phi) is 4.47. The van der Waals surface area contributed by atoms with Gasteiger partial charge in [-0.2, -0.15) is 5.10 Å². The van der Waals surface area contributed by atoms with Crippen LogP contribution < -0.4 is 5.32 Å². The van der Waals surface area contributed by atoms with Crippen LogP contribution in [0.2, 0.25) is 0 Å². The lowest BCUT2D eigenvalue weighted by Crippen LogP contribution is -2.41. The highest BCUT2D eigenvalue weighted by Gasteiger charge is 2.24. The zero-order valence-electron chi connectivity index (χ0n) is 14.7. The standard InChI is InChI=1S/C19H25N3O2/c1-13(2)19(3,23)12-20-10-15-11-22(4)21-18(15)17-9-14-7-5-6-8-16(14)24-17/h5-9,11,13,20,23H,10,12H2,1-4H3. The predicted molar refractivity (Wildman–Crippen MR) is 95.6 cm³/mol. The van der Waals surface area contributed by atoms with E-state index in [9.17, 15) is 5.11 Å². The van der Waals surface area contributed by atoms with Gasteiger partial charge >= 0.3 is 0 Å². The average molecular weight is 327 g/mol. The van der Waals surface area contributed by atoms with Crippen LogP contribution in [-0.4, -0.2) is 27.0 Å². The first-order valence-corrected chi connectivity index (χ1v) is 8.31. The second-order valence-corrected chi connectivity index (χ2v) is 6.94. The fraction of sp³-hybridized carbons (Fsp3) is 0.421. The number of hydrogen-bond donors (Lipinski definition) is 2. The van der Waals surface area contributed by atoms with Crippen molar-refractivity contribution in [2.75, 3.05) is 6.54 Å². The van der Waals surface area contributed by atoms with Crippen molar-refractivity contribution in [3.05, 3.63) is 42.1 Å². The van der Waals surface area contributed by atoms with Gasteiger partial charge in [-0.15, -0.1) is 0 Å². The summed E-state index contributed by atoms with van der Waals surface area (Å²) in [5.74, 6) is 0.956. The third-order valence-corrected chi connectivity index (χ3v) is 4.61. The van der Waals surface area contributed by atoms with Gasteiger partial charge in [-0.25, -0.2) is 0 Å². The highest BCUT2D eigenvalue weighted by atomic mass is 16.3. The van der Waals surface area contributed by atoms with Crippen molar-refractivity contribution < 1.29 is 9.52 Å². The molecule has 0 aliphatic carbocycles. The van der Waals surface area contributed by atoms with Crippen LogP contribution >= 0.6 is 0 Å². The summed E-state index contributed by atoms with van der Waals surface area (Å²) in [4.78, 5) is 0. The Balaban J connectivity index is 1.80. The molecule has 128 valence electrons. The van der Waals surface area contributed by atoms with Gasteiger partial charge in [0.15, 0.2) is 5.76 Å². The quantitative estimate of drug-likeness (QED) is 0.729. The lowest BCUT2D eigenvalue weighted by molar-refractivity contribution is 0.0140. The number of nitrogens with zero attached hydrogens (tertiary/aromatic N) is 2. The maximum atomic E-state index is 10.4. The molecular weight excluding hydrogens is 302 g/mol. The summed E-state index contributed by atoms with van der Waals surface area (Å²) >= 11 is 0. The van der Waals surface area contributed by atoms with E-state index in [1.807, 2.05) is 64.3 Å². The summed E-state index contributed by atoms with van der Waals surface area (Å²) < 4.78 is 7.73. The first kappa shape index (κ1) is 16.7. The molecule has 24 heavy (non-hydrogen) atoms. The lowest BCUT2D eigenvalue weighted by atomic mass is 9.92. The van der Waals surface area contributed by atoms with E-state index >= 15 is 0 Å². The molecule has 5 heteroatoms. The van der Waals surface area contributed by atoms with Crippen molar-refractivity contribution in [2.24, 2.45) is 13.0 Å². The highest BCUT2D eigenvalue weighted by molar-refractivity contribution is 5.82. The Bertz CT molecular complexity index is 797. The molecule has 2 heterocycles. The van der Waals surface area contributed by atoms with E-state index in [1.54, 1.807) is 4.68 Å². The molecule has 3 aromatic rings. The topological polar surface area (TPSA) is 63.2 Å². The molecule has 0 spiro atoms. The monoisotopic (exact) mass is 327 g/mol. The SMILES string of the molecule is CC(C)C(C)(O)CNCc1cn(C)nc1-c1cc2ccccc2o1. The summed E-state index contributed by atoms with van der Waals surface area (Å²) in [5.41, 5.74) is 2.02. The summed E-state index contributed by atoms with van der Waals surface area (Å²) in [6.45, 7) is 7.05. The molecule has 1 atom stereocenters. The molecule has 3 rings (SSSR count). The molecule has 2 N–H and O–H groups in total. The maximum Gasteiger partial charge on any atom is 0.156 e. The summed E-state index contributed by atoms with van der Waals surface area (Å²) in [7, 11) is 1.90. The van der Waals surface area contributed by atoms with Crippen molar-refractivity contribution in [2.45, 2.75) is 32.9 Å². The van der Waals surface area contributed by atoms with Crippen molar-refractivity contribution in [1.82, 2.24) is 15.1 Å². The highest BCUT2D eigenvalue weighted by Crippen LogP contribution is 2.29. The maximum absolute atomic E-state index is 10.4. The third kappa shape index (κ3) is 3.37. The minimum Gasteiger partial charge on any atom is -0.454 e. The predicted octanol–water partition coefficient (Wildman–Crippen LogP) is 3.33. The van der Waals surface area contributed by atoms with Crippen LogP contribution in [0.5, 0.6) is 0 Å². The van der Waals surface area contributed by atoms with E-state index in [0.717, 1.165) is 28.0 Å². The average Bonchev–Trinajstić information content (AvgIpc) is 3.10. The molecule has 2 aromatic heterocycles. The molecule has 5 nitrogen and oxygen atoms in total. The third-order valence-electron chi connectivity index (χ3n) is 4.61. The van der Waals surface area contributed by atoms with Gasteiger partial charge in [-0.1, -0.05) is 32.0 Å². The Morgan fingerprint density at radius 1 is 1.33 bits per heavy atom. The van der Waals surface area contributed by atoms with Crippen LogP contribution in [0.25, 0.3) is 22.4 Å². The molecule has 0 radical (unpaired) electrons. The van der Waals surface area contributed by atoms with E-state index in [2.05, 4.69) is 10.4 Å². The van der Waals surface area contributed by atoms with Gasteiger partial charge in [0.25, 0.3) is 0 Å². The van der Waals surface area contributed by atoms with Crippen molar-refractivity contribution >= 4 is 11.0 Å². The smallest absolute Gasteiger partial charge is 0.156 e. The second-order valence-electron chi connectivity index (χ2n) is 6.94. The molecule has 1 unspecified atom stereocenters. The van der Waals surface area contributed by atoms with Gasteiger partial charge in [0.1, 0.15) is 11.3 Å². The van der Waals surface area contributed by atoms with E-state index in [0.29, 0.717) is 13.1 Å². The fourth-order valence-corrected chi connectivity index (χ4v) is 2.63. The van der Waals surface area contributed by atoms with Gasteiger partial charge in [0.2, 0.25) is 0 Å². The van der Waals surface area contributed by atoms with Gasteiger partial charge in [0, 0.05) is 37.3 Å². The molecule has 0 aliphatic heterocycles. The summed E-state index contributed by atoms with van der Waals surface area (Å²) in [5, 5.41) is 19.3. The fourth-order valence-electron chi connectivity index (χ4n) is 2.63. The lowest BCUT2D eigenvalue weighted by Gasteiger charge is -2.27. The number of rotatable bonds is 6. The van der Waals surface area contributed by atoms with Crippen LogP contribution in [0, 0.1) is 5.92 Å². The zero-order valence-corrected chi connectivity index (χ0v) is 14.7. The van der Waals surface area contributed by atoms with Crippen LogP contribution in [-0.2, 0) is 13.6 Å². The van der Waals surface area contributed by atoms with Crippen molar-refractivity contribution in [3.63, 3.8) is 0 Å². The Hall–Kier alpha value is -2.11. The number of furan rings is 1. The molecule has 0 bridgehead atoms. The molecule has 0 aliphatic rings. The largest absolute Gasteiger partial charge is 0.454 e. The van der Waals surface area contributed by atoms with Crippen LogP contribution in [0.3, 0.4) is 0 Å². The first-order chi connectivity index (χ1) is 11.4. The van der Waals surface area contributed by atoms with Crippen LogP contribution in [0.4, 0.5) is 0 Å². The van der Waals surface area contributed by atoms with Gasteiger partial charge < -0.3 is 14.8 Å². The molecule has 0 fully saturated rings. The zero-order chi connectivity index (χ0) is 17.3. The first-order valence-electron chi connectivity index (χ1n) is 8.31. The van der Waals surface area contributed by atoms with E-state index < -0.39 is 5.60 Å².